The Morgan fingerprint density at radius 2 is 1.67 bits per heavy atom. The Labute approximate surface area is 160 Å². The number of sulfonamides is 1. The summed E-state index contributed by atoms with van der Waals surface area (Å²) in [5.41, 5.74) is 1.56. The van der Waals surface area contributed by atoms with Crippen LogP contribution in [0.25, 0.3) is 0 Å². The number of aryl methyl sites for hydroxylation is 1. The number of amides is 1. The Morgan fingerprint density at radius 3 is 2.30 bits per heavy atom. The first kappa shape index (κ1) is 19.4. The first-order chi connectivity index (χ1) is 13.0. The molecule has 27 heavy (non-hydrogen) atoms. The molecule has 1 N–H and O–H groups in total. The number of hydrogen-bond donors (Lipinski definition) is 1. The van der Waals surface area contributed by atoms with E-state index in [0.29, 0.717) is 18.8 Å². The van der Waals surface area contributed by atoms with Gasteiger partial charge in [-0.25, -0.2) is 8.42 Å². The molecule has 1 aliphatic heterocycles. The molecule has 3 rings (SSSR count). The fourth-order valence-electron chi connectivity index (χ4n) is 3.09. The number of carbonyl (C=O) groups is 1. The predicted octanol–water partition coefficient (Wildman–Crippen LogP) is 2.01. The molecule has 0 atom stereocenters. The fourth-order valence-corrected chi connectivity index (χ4v) is 4.55. The summed E-state index contributed by atoms with van der Waals surface area (Å²) in [5.74, 6) is -0.0171. The van der Waals surface area contributed by atoms with Crippen LogP contribution in [-0.4, -0.2) is 51.9 Å². The molecule has 0 saturated carbocycles. The van der Waals surface area contributed by atoms with Gasteiger partial charge in [0.15, 0.2) is 0 Å². The highest BCUT2D eigenvalue weighted by Gasteiger charge is 2.26. The van der Waals surface area contributed by atoms with Crippen LogP contribution in [0.3, 0.4) is 0 Å². The highest BCUT2D eigenvalue weighted by Crippen LogP contribution is 2.24. The lowest BCUT2D eigenvalue weighted by molar-refractivity contribution is -0.131. The van der Waals surface area contributed by atoms with E-state index in [2.05, 4.69) is 5.32 Å². The summed E-state index contributed by atoms with van der Waals surface area (Å²) in [6.45, 7) is 4.90. The predicted molar refractivity (Wildman–Crippen MR) is 106 cm³/mol. The van der Waals surface area contributed by atoms with Crippen molar-refractivity contribution in [3.8, 4) is 0 Å². The molecule has 2 aromatic carbocycles. The van der Waals surface area contributed by atoms with Crippen LogP contribution in [0, 0.1) is 6.92 Å². The number of anilines is 1. The minimum atomic E-state index is -3.75. The van der Waals surface area contributed by atoms with Gasteiger partial charge in [0.1, 0.15) is 0 Å². The molecule has 6 nitrogen and oxygen atoms in total. The van der Waals surface area contributed by atoms with Gasteiger partial charge in [-0.1, -0.05) is 35.9 Å². The Kier molecular flexibility index (Phi) is 6.13. The number of nitrogens with zero attached hydrogens (tertiary/aromatic N) is 2. The van der Waals surface area contributed by atoms with Gasteiger partial charge in [0.25, 0.3) is 10.0 Å². The third-order valence-electron chi connectivity index (χ3n) is 4.65. The van der Waals surface area contributed by atoms with E-state index in [-0.39, 0.29) is 23.8 Å². The molecule has 0 unspecified atom stereocenters. The Morgan fingerprint density at radius 1 is 1.04 bits per heavy atom. The topological polar surface area (TPSA) is 69.7 Å². The van der Waals surface area contributed by atoms with Gasteiger partial charge < -0.3 is 10.2 Å². The molecule has 1 aliphatic rings. The van der Waals surface area contributed by atoms with E-state index in [4.69, 9.17) is 0 Å². The molecular formula is C20H25N3O3S. The van der Waals surface area contributed by atoms with E-state index in [9.17, 15) is 13.2 Å². The molecule has 2 aromatic rings. The molecule has 0 radical (unpaired) electrons. The second-order valence-electron chi connectivity index (χ2n) is 6.61. The van der Waals surface area contributed by atoms with Gasteiger partial charge >= 0.3 is 0 Å². The van der Waals surface area contributed by atoms with Crippen LogP contribution in [-0.2, 0) is 14.8 Å². The maximum absolute atomic E-state index is 13.2. The van der Waals surface area contributed by atoms with Crippen molar-refractivity contribution in [1.29, 1.82) is 0 Å². The lowest BCUT2D eigenvalue weighted by Gasteiger charge is -2.29. The van der Waals surface area contributed by atoms with Crippen LogP contribution in [0.2, 0.25) is 0 Å². The van der Waals surface area contributed by atoms with Crippen LogP contribution < -0.4 is 9.62 Å². The summed E-state index contributed by atoms with van der Waals surface area (Å²) in [7, 11) is -3.75. The fraction of sp³-hybridized carbons (Fsp3) is 0.350. The first-order valence-corrected chi connectivity index (χ1v) is 10.6. The van der Waals surface area contributed by atoms with Gasteiger partial charge in [0.05, 0.1) is 10.6 Å². The van der Waals surface area contributed by atoms with Crippen LogP contribution in [0.4, 0.5) is 5.69 Å². The SMILES string of the molecule is Cc1ccc(S(=O)(=O)N(CCC(=O)N2CCNCC2)c2ccccc2)cc1. The zero-order valence-corrected chi connectivity index (χ0v) is 16.3. The van der Waals surface area contributed by atoms with E-state index in [1.54, 1.807) is 53.4 Å². The lowest BCUT2D eigenvalue weighted by atomic mass is 10.2. The van der Waals surface area contributed by atoms with E-state index in [1.807, 2.05) is 13.0 Å². The van der Waals surface area contributed by atoms with Gasteiger partial charge in [-0.3, -0.25) is 9.10 Å². The van der Waals surface area contributed by atoms with Gasteiger partial charge in [-0.05, 0) is 31.2 Å². The number of nitrogens with one attached hydrogen (secondary N) is 1. The van der Waals surface area contributed by atoms with Crippen molar-refractivity contribution in [3.05, 3.63) is 60.2 Å². The molecule has 0 aliphatic carbocycles. The number of para-hydroxylation sites is 1. The van der Waals surface area contributed by atoms with Crippen LogP contribution in [0.5, 0.6) is 0 Å². The molecule has 0 aromatic heterocycles. The van der Waals surface area contributed by atoms with Gasteiger partial charge in [0, 0.05) is 39.1 Å². The van der Waals surface area contributed by atoms with E-state index in [1.165, 1.54) is 4.31 Å². The van der Waals surface area contributed by atoms with Crippen LogP contribution >= 0.6 is 0 Å². The van der Waals surface area contributed by atoms with E-state index < -0.39 is 10.0 Å². The maximum Gasteiger partial charge on any atom is 0.264 e. The Bertz CT molecular complexity index is 861. The molecule has 1 heterocycles. The molecule has 1 amide bonds. The monoisotopic (exact) mass is 387 g/mol. The van der Waals surface area contributed by atoms with E-state index in [0.717, 1.165) is 18.7 Å². The highest BCUT2D eigenvalue weighted by molar-refractivity contribution is 7.92. The van der Waals surface area contributed by atoms with Gasteiger partial charge in [-0.15, -0.1) is 0 Å². The summed E-state index contributed by atoms with van der Waals surface area (Å²) in [5, 5.41) is 3.21. The standard InChI is InChI=1S/C20H25N3O3S/c1-17-7-9-19(10-8-17)27(25,26)23(18-5-3-2-4-6-18)14-11-20(24)22-15-12-21-13-16-22/h2-10,21H,11-16H2,1H3. The van der Waals surface area contributed by atoms with Crippen molar-refractivity contribution >= 4 is 21.6 Å². The molecule has 144 valence electrons. The molecule has 1 fully saturated rings. The first-order valence-electron chi connectivity index (χ1n) is 9.11. The second-order valence-corrected chi connectivity index (χ2v) is 8.47. The number of hydrogen-bond acceptors (Lipinski definition) is 4. The Balaban J connectivity index is 1.83. The number of rotatable bonds is 6. The van der Waals surface area contributed by atoms with Crippen molar-refractivity contribution in [3.63, 3.8) is 0 Å². The zero-order valence-electron chi connectivity index (χ0n) is 15.5. The van der Waals surface area contributed by atoms with Gasteiger partial charge in [0.2, 0.25) is 5.91 Å². The van der Waals surface area contributed by atoms with Gasteiger partial charge in [-0.2, -0.15) is 0 Å². The molecule has 0 bridgehead atoms. The molecular weight excluding hydrogens is 362 g/mol. The molecule has 7 heteroatoms. The third kappa shape index (κ3) is 4.67. The normalized spacial score (nSPS) is 14.8. The summed E-state index contributed by atoms with van der Waals surface area (Å²) >= 11 is 0. The summed E-state index contributed by atoms with van der Waals surface area (Å²) in [6.07, 6.45) is 0.153. The third-order valence-corrected chi connectivity index (χ3v) is 6.49. The van der Waals surface area contributed by atoms with Crippen molar-refractivity contribution in [1.82, 2.24) is 10.2 Å². The molecule has 1 saturated heterocycles. The number of piperazine rings is 1. The van der Waals surface area contributed by atoms with Crippen molar-refractivity contribution in [2.24, 2.45) is 0 Å². The highest BCUT2D eigenvalue weighted by atomic mass is 32.2. The average molecular weight is 388 g/mol. The number of carbonyl (C=O) groups excluding carboxylic acids is 1. The minimum absolute atomic E-state index is 0.0171. The van der Waals surface area contributed by atoms with Crippen molar-refractivity contribution < 1.29 is 13.2 Å². The second kappa shape index (κ2) is 8.54. The van der Waals surface area contributed by atoms with Crippen LogP contribution in [0.1, 0.15) is 12.0 Å². The Hall–Kier alpha value is -2.38. The quantitative estimate of drug-likeness (QED) is 0.823. The summed E-state index contributed by atoms with van der Waals surface area (Å²) in [4.78, 5) is 14.5. The lowest BCUT2D eigenvalue weighted by Crippen LogP contribution is -2.47. The summed E-state index contributed by atoms with van der Waals surface area (Å²) < 4.78 is 27.8. The average Bonchev–Trinajstić information content (AvgIpc) is 2.69. The largest absolute Gasteiger partial charge is 0.340 e. The molecule has 0 spiro atoms. The summed E-state index contributed by atoms with van der Waals surface area (Å²) in [6, 6.07) is 15.7. The smallest absolute Gasteiger partial charge is 0.264 e. The zero-order chi connectivity index (χ0) is 19.3. The van der Waals surface area contributed by atoms with Crippen molar-refractivity contribution in [2.75, 3.05) is 37.0 Å². The minimum Gasteiger partial charge on any atom is -0.340 e. The van der Waals surface area contributed by atoms with Crippen molar-refractivity contribution in [2.45, 2.75) is 18.2 Å². The number of benzene rings is 2. The van der Waals surface area contributed by atoms with E-state index >= 15 is 0 Å². The van der Waals surface area contributed by atoms with Crippen LogP contribution in [0.15, 0.2) is 59.5 Å². The maximum atomic E-state index is 13.2.